The summed E-state index contributed by atoms with van der Waals surface area (Å²) in [6.45, 7) is 4.72. The van der Waals surface area contributed by atoms with E-state index in [0.717, 1.165) is 5.56 Å². The van der Waals surface area contributed by atoms with E-state index >= 15 is 0 Å². The number of hydrogen-bond acceptors (Lipinski definition) is 6. The molecule has 1 saturated heterocycles. The molecule has 190 valence electrons. The van der Waals surface area contributed by atoms with Crippen LogP contribution >= 0.6 is 0 Å². The molecule has 8 nitrogen and oxygen atoms in total. The van der Waals surface area contributed by atoms with Crippen molar-refractivity contribution in [3.8, 4) is 17.2 Å². The number of nitrogens with zero attached hydrogens (tertiary/aromatic N) is 2. The Balaban J connectivity index is 1.78. The van der Waals surface area contributed by atoms with E-state index in [2.05, 4.69) is 0 Å². The number of amides is 2. The maximum Gasteiger partial charge on any atom is 0.242 e. The third-order valence-corrected chi connectivity index (χ3v) is 5.93. The molecule has 9 heteroatoms. The SMILES string of the molecule is COc1cc(CC(=O)N2CC(=O)N(C(C)C)C[C@@H](OCc3ccc(F)cc3)C2)cc(OC)c1OC. The van der Waals surface area contributed by atoms with Crippen LogP contribution in [0.25, 0.3) is 0 Å². The van der Waals surface area contributed by atoms with Crippen molar-refractivity contribution in [2.24, 2.45) is 0 Å². The number of ether oxygens (including phenoxy) is 4. The second kappa shape index (κ2) is 11.9. The van der Waals surface area contributed by atoms with Crippen LogP contribution in [0, 0.1) is 5.82 Å². The molecule has 1 aliphatic heterocycles. The number of hydrogen-bond donors (Lipinski definition) is 0. The molecule has 35 heavy (non-hydrogen) atoms. The van der Waals surface area contributed by atoms with Crippen molar-refractivity contribution >= 4 is 11.8 Å². The van der Waals surface area contributed by atoms with Crippen molar-refractivity contribution in [2.75, 3.05) is 41.0 Å². The van der Waals surface area contributed by atoms with Gasteiger partial charge in [0.25, 0.3) is 0 Å². The van der Waals surface area contributed by atoms with Gasteiger partial charge in [-0.3, -0.25) is 9.59 Å². The molecule has 0 unspecified atom stereocenters. The van der Waals surface area contributed by atoms with E-state index in [0.29, 0.717) is 29.4 Å². The van der Waals surface area contributed by atoms with E-state index in [1.165, 1.54) is 38.4 Å². The maximum atomic E-state index is 13.3. The highest BCUT2D eigenvalue weighted by Crippen LogP contribution is 2.38. The molecule has 0 spiro atoms. The van der Waals surface area contributed by atoms with Crippen molar-refractivity contribution in [2.45, 2.75) is 39.0 Å². The molecular formula is C26H33FN2O6. The van der Waals surface area contributed by atoms with E-state index in [9.17, 15) is 14.0 Å². The Morgan fingerprint density at radius 1 is 1.00 bits per heavy atom. The highest BCUT2D eigenvalue weighted by atomic mass is 19.1. The Kier molecular flexibility index (Phi) is 8.92. The smallest absolute Gasteiger partial charge is 0.242 e. The van der Waals surface area contributed by atoms with Gasteiger partial charge < -0.3 is 28.7 Å². The van der Waals surface area contributed by atoms with Crippen molar-refractivity contribution < 1.29 is 32.9 Å². The zero-order valence-corrected chi connectivity index (χ0v) is 20.9. The van der Waals surface area contributed by atoms with Crippen molar-refractivity contribution in [3.63, 3.8) is 0 Å². The number of methoxy groups -OCH3 is 3. The average Bonchev–Trinajstić information content (AvgIpc) is 3.01. The number of carbonyl (C=O) groups excluding carboxylic acids is 2. The lowest BCUT2D eigenvalue weighted by atomic mass is 10.1. The fourth-order valence-electron chi connectivity index (χ4n) is 4.06. The fourth-order valence-corrected chi connectivity index (χ4v) is 4.06. The molecule has 1 aliphatic rings. The minimum atomic E-state index is -0.391. The molecule has 0 aliphatic carbocycles. The molecule has 2 aromatic carbocycles. The minimum absolute atomic E-state index is 0.0299. The number of halogens is 1. The van der Waals surface area contributed by atoms with Gasteiger partial charge in [-0.05, 0) is 49.2 Å². The van der Waals surface area contributed by atoms with Crippen LogP contribution in [0.15, 0.2) is 36.4 Å². The van der Waals surface area contributed by atoms with E-state index in [-0.39, 0.29) is 49.8 Å². The Morgan fingerprint density at radius 2 is 1.63 bits per heavy atom. The van der Waals surface area contributed by atoms with Gasteiger partial charge in [-0.15, -0.1) is 0 Å². The quantitative estimate of drug-likeness (QED) is 0.540. The van der Waals surface area contributed by atoms with Gasteiger partial charge in [-0.2, -0.15) is 0 Å². The van der Waals surface area contributed by atoms with Crippen molar-refractivity contribution in [1.29, 1.82) is 0 Å². The fraction of sp³-hybridized carbons (Fsp3) is 0.462. The number of rotatable bonds is 9. The highest BCUT2D eigenvalue weighted by molar-refractivity contribution is 5.86. The Morgan fingerprint density at radius 3 is 2.17 bits per heavy atom. The first-order chi connectivity index (χ1) is 16.7. The summed E-state index contributed by atoms with van der Waals surface area (Å²) in [6, 6.07) is 9.48. The summed E-state index contributed by atoms with van der Waals surface area (Å²) in [5, 5.41) is 0. The van der Waals surface area contributed by atoms with Gasteiger partial charge in [0.1, 0.15) is 5.82 Å². The topological polar surface area (TPSA) is 77.5 Å². The predicted molar refractivity (Wildman–Crippen MR) is 128 cm³/mol. The molecule has 1 atom stereocenters. The minimum Gasteiger partial charge on any atom is -0.493 e. The highest BCUT2D eigenvalue weighted by Gasteiger charge is 2.32. The van der Waals surface area contributed by atoms with E-state index in [4.69, 9.17) is 18.9 Å². The van der Waals surface area contributed by atoms with Gasteiger partial charge in [-0.25, -0.2) is 4.39 Å². The first-order valence-corrected chi connectivity index (χ1v) is 11.5. The van der Waals surface area contributed by atoms with Crippen molar-refractivity contribution in [3.05, 3.63) is 53.3 Å². The van der Waals surface area contributed by atoms with E-state index < -0.39 is 6.10 Å². The van der Waals surface area contributed by atoms with Crippen LogP contribution in [0.2, 0.25) is 0 Å². The standard InChI is InChI=1S/C26H33FN2O6/c1-17(2)29-14-21(35-16-18-6-8-20(27)9-7-18)13-28(15-25(29)31)24(30)12-19-10-22(32-3)26(34-5)23(11-19)33-4/h6-11,17,21H,12-16H2,1-5H3/t21-/m0/s1. The maximum absolute atomic E-state index is 13.3. The molecule has 1 heterocycles. The van der Waals surface area contributed by atoms with Crippen LogP contribution in [-0.4, -0.2) is 74.7 Å². The summed E-state index contributed by atoms with van der Waals surface area (Å²) >= 11 is 0. The first-order valence-electron chi connectivity index (χ1n) is 11.5. The molecule has 0 aromatic heterocycles. The van der Waals surface area contributed by atoms with Gasteiger partial charge in [0.05, 0.1) is 47.0 Å². The van der Waals surface area contributed by atoms with Gasteiger partial charge in [0, 0.05) is 19.1 Å². The number of benzene rings is 2. The first kappa shape index (κ1) is 26.3. The van der Waals surface area contributed by atoms with Crippen LogP contribution in [0.1, 0.15) is 25.0 Å². The summed E-state index contributed by atoms with van der Waals surface area (Å²) in [7, 11) is 4.54. The zero-order chi connectivity index (χ0) is 25.5. The number of carbonyl (C=O) groups is 2. The summed E-state index contributed by atoms with van der Waals surface area (Å²) in [4.78, 5) is 29.5. The average molecular weight is 489 g/mol. The Labute approximate surface area is 205 Å². The normalized spacial score (nSPS) is 16.3. The molecule has 2 amide bonds. The molecule has 0 bridgehead atoms. The summed E-state index contributed by atoms with van der Waals surface area (Å²) < 4.78 is 35.4. The molecule has 0 radical (unpaired) electrons. The van der Waals surface area contributed by atoms with Crippen LogP contribution in [0.4, 0.5) is 4.39 Å². The molecule has 2 aromatic rings. The second-order valence-corrected chi connectivity index (χ2v) is 8.68. The van der Waals surface area contributed by atoms with Crippen LogP contribution in [0.3, 0.4) is 0 Å². The summed E-state index contributed by atoms with van der Waals surface area (Å²) in [5.41, 5.74) is 1.49. The molecule has 0 saturated carbocycles. The van der Waals surface area contributed by atoms with Gasteiger partial charge in [0.2, 0.25) is 17.6 Å². The summed E-state index contributed by atoms with van der Waals surface area (Å²) in [6.07, 6.45) is -0.339. The lowest BCUT2D eigenvalue weighted by molar-refractivity contribution is -0.139. The van der Waals surface area contributed by atoms with Gasteiger partial charge in [-0.1, -0.05) is 12.1 Å². The zero-order valence-electron chi connectivity index (χ0n) is 20.9. The van der Waals surface area contributed by atoms with Crippen LogP contribution in [0.5, 0.6) is 17.2 Å². The Hall–Kier alpha value is -3.33. The lowest BCUT2D eigenvalue weighted by Gasteiger charge is -2.27. The molecular weight excluding hydrogens is 455 g/mol. The third-order valence-electron chi connectivity index (χ3n) is 5.93. The van der Waals surface area contributed by atoms with E-state index in [1.54, 1.807) is 29.2 Å². The van der Waals surface area contributed by atoms with Gasteiger partial charge in [0.15, 0.2) is 11.5 Å². The second-order valence-electron chi connectivity index (χ2n) is 8.68. The third kappa shape index (κ3) is 6.63. The predicted octanol–water partition coefficient (Wildman–Crippen LogP) is 3.06. The van der Waals surface area contributed by atoms with Crippen molar-refractivity contribution in [1.82, 2.24) is 9.80 Å². The molecule has 3 rings (SSSR count). The van der Waals surface area contributed by atoms with Crippen LogP contribution in [-0.2, 0) is 27.4 Å². The lowest BCUT2D eigenvalue weighted by Crippen LogP contribution is -2.42. The molecule has 1 fully saturated rings. The monoisotopic (exact) mass is 488 g/mol. The largest absolute Gasteiger partial charge is 0.493 e. The van der Waals surface area contributed by atoms with E-state index in [1.807, 2.05) is 13.8 Å². The van der Waals surface area contributed by atoms with Gasteiger partial charge >= 0.3 is 0 Å². The van der Waals surface area contributed by atoms with Crippen LogP contribution < -0.4 is 14.2 Å². The molecule has 0 N–H and O–H groups in total. The Bertz CT molecular complexity index is 1000. The summed E-state index contributed by atoms with van der Waals surface area (Å²) in [5.74, 6) is 0.683.